The zero-order valence-corrected chi connectivity index (χ0v) is 12.7. The Bertz CT molecular complexity index is 364. The molecule has 100 valence electrons. The van der Waals surface area contributed by atoms with Crippen molar-refractivity contribution in [1.82, 2.24) is 0 Å². The van der Waals surface area contributed by atoms with Gasteiger partial charge in [0.25, 0.3) is 0 Å². The fourth-order valence-corrected chi connectivity index (χ4v) is 2.43. The average Bonchev–Trinajstić information content (AvgIpc) is 2.40. The number of hydrogen-bond acceptors (Lipinski definition) is 2. The Morgan fingerprint density at radius 1 is 1.28 bits per heavy atom. The number of esters is 1. The molecule has 3 heteroatoms. The summed E-state index contributed by atoms with van der Waals surface area (Å²) in [6.07, 6.45) is 2.90. The molecule has 0 fully saturated rings. The van der Waals surface area contributed by atoms with Gasteiger partial charge in [-0.1, -0.05) is 52.7 Å². The molecular weight excluding hydrogens is 292 g/mol. The summed E-state index contributed by atoms with van der Waals surface area (Å²) in [7, 11) is 0. The highest BCUT2D eigenvalue weighted by molar-refractivity contribution is 9.09. The van der Waals surface area contributed by atoms with Gasteiger partial charge >= 0.3 is 5.97 Å². The molecule has 0 heterocycles. The quantitative estimate of drug-likeness (QED) is 0.431. The Labute approximate surface area is 118 Å². The van der Waals surface area contributed by atoms with Crippen LogP contribution in [0.25, 0.3) is 0 Å². The lowest BCUT2D eigenvalue weighted by Gasteiger charge is -2.27. The Balaban J connectivity index is 2.90. The molecule has 0 N–H and O–H groups in total. The van der Waals surface area contributed by atoms with Crippen LogP contribution in [0.15, 0.2) is 30.3 Å². The molecule has 1 atom stereocenters. The Hall–Kier alpha value is -0.830. The van der Waals surface area contributed by atoms with E-state index in [4.69, 9.17) is 4.74 Å². The molecule has 0 aliphatic rings. The van der Waals surface area contributed by atoms with Crippen LogP contribution < -0.4 is 0 Å². The van der Waals surface area contributed by atoms with Crippen LogP contribution in [0, 0.1) is 0 Å². The van der Waals surface area contributed by atoms with Crippen molar-refractivity contribution >= 4 is 21.9 Å². The summed E-state index contributed by atoms with van der Waals surface area (Å²) < 4.78 is 5.24. The van der Waals surface area contributed by atoms with Crippen LogP contribution >= 0.6 is 15.9 Å². The predicted molar refractivity (Wildman–Crippen MR) is 78.1 cm³/mol. The van der Waals surface area contributed by atoms with Gasteiger partial charge in [-0.2, -0.15) is 0 Å². The smallest absolute Gasteiger partial charge is 0.316 e. The van der Waals surface area contributed by atoms with Crippen LogP contribution in [0.5, 0.6) is 0 Å². The number of hydrogen-bond donors (Lipinski definition) is 0. The van der Waals surface area contributed by atoms with Gasteiger partial charge < -0.3 is 4.74 Å². The monoisotopic (exact) mass is 312 g/mol. The lowest BCUT2D eigenvalue weighted by molar-refractivity contribution is -0.149. The molecule has 2 nitrogen and oxygen atoms in total. The Kier molecular flexibility index (Phi) is 6.41. The summed E-state index contributed by atoms with van der Waals surface area (Å²) >= 11 is 3.42. The Morgan fingerprint density at radius 2 is 1.94 bits per heavy atom. The largest absolute Gasteiger partial charge is 0.465 e. The number of carbonyl (C=O) groups excluding carboxylic acids is 1. The van der Waals surface area contributed by atoms with Gasteiger partial charge in [-0.25, -0.2) is 0 Å². The molecule has 0 radical (unpaired) electrons. The molecule has 0 amide bonds. The molecule has 1 rings (SSSR count). The fraction of sp³-hybridized carbons (Fsp3) is 0.533. The molecular formula is C15H21BrO2. The van der Waals surface area contributed by atoms with Crippen molar-refractivity contribution in [1.29, 1.82) is 0 Å². The van der Waals surface area contributed by atoms with Gasteiger partial charge in [-0.05, 0) is 32.3 Å². The third kappa shape index (κ3) is 3.84. The van der Waals surface area contributed by atoms with E-state index in [1.807, 2.05) is 44.2 Å². The molecule has 1 aromatic rings. The van der Waals surface area contributed by atoms with E-state index in [2.05, 4.69) is 15.9 Å². The predicted octanol–water partition coefficient (Wildman–Crippen LogP) is 4.07. The summed E-state index contributed by atoms with van der Waals surface area (Å²) in [5, 5.41) is 0.973. The summed E-state index contributed by atoms with van der Waals surface area (Å²) in [5.74, 6) is -0.120. The first kappa shape index (κ1) is 15.2. The number of carbonyl (C=O) groups is 1. The molecule has 0 saturated carbocycles. The van der Waals surface area contributed by atoms with Crippen LogP contribution in [0.3, 0.4) is 0 Å². The molecule has 0 spiro atoms. The molecule has 0 saturated heterocycles. The van der Waals surface area contributed by atoms with Crippen molar-refractivity contribution in [2.75, 3.05) is 11.9 Å². The van der Waals surface area contributed by atoms with Crippen molar-refractivity contribution in [3.8, 4) is 0 Å². The normalized spacial score (nSPS) is 13.9. The van der Waals surface area contributed by atoms with Gasteiger partial charge in [-0.15, -0.1) is 0 Å². The lowest BCUT2D eigenvalue weighted by Crippen LogP contribution is -2.34. The first-order valence-corrected chi connectivity index (χ1v) is 7.56. The summed E-state index contributed by atoms with van der Waals surface area (Å²) in [6.45, 7) is 4.26. The van der Waals surface area contributed by atoms with E-state index in [0.29, 0.717) is 6.61 Å². The van der Waals surface area contributed by atoms with Crippen LogP contribution in [0.1, 0.15) is 38.7 Å². The van der Waals surface area contributed by atoms with E-state index in [1.54, 1.807) is 0 Å². The van der Waals surface area contributed by atoms with Crippen LogP contribution in [-0.2, 0) is 14.9 Å². The van der Waals surface area contributed by atoms with Crippen molar-refractivity contribution in [2.45, 2.75) is 38.5 Å². The van der Waals surface area contributed by atoms with Crippen molar-refractivity contribution < 1.29 is 9.53 Å². The van der Waals surface area contributed by atoms with Crippen LogP contribution in [0.2, 0.25) is 0 Å². The lowest BCUT2D eigenvalue weighted by atomic mass is 9.78. The van der Waals surface area contributed by atoms with Gasteiger partial charge in [0.2, 0.25) is 0 Å². The molecule has 0 aliphatic carbocycles. The first-order valence-electron chi connectivity index (χ1n) is 6.44. The van der Waals surface area contributed by atoms with Crippen molar-refractivity contribution in [2.24, 2.45) is 0 Å². The third-order valence-electron chi connectivity index (χ3n) is 3.20. The highest BCUT2D eigenvalue weighted by Crippen LogP contribution is 2.31. The maximum absolute atomic E-state index is 12.2. The Morgan fingerprint density at radius 3 is 2.50 bits per heavy atom. The molecule has 18 heavy (non-hydrogen) atoms. The number of alkyl halides is 1. The topological polar surface area (TPSA) is 26.3 Å². The molecule has 0 aromatic heterocycles. The highest BCUT2D eigenvalue weighted by Gasteiger charge is 2.35. The minimum Gasteiger partial charge on any atom is -0.465 e. The number of benzene rings is 1. The summed E-state index contributed by atoms with van der Waals surface area (Å²) in [6, 6.07) is 9.91. The van der Waals surface area contributed by atoms with Crippen molar-refractivity contribution in [3.63, 3.8) is 0 Å². The number of rotatable bonds is 7. The van der Waals surface area contributed by atoms with Gasteiger partial charge in [-0.3, -0.25) is 4.79 Å². The van der Waals surface area contributed by atoms with E-state index >= 15 is 0 Å². The van der Waals surface area contributed by atoms with Gasteiger partial charge in [0, 0.05) is 5.33 Å². The number of halogens is 1. The van der Waals surface area contributed by atoms with Gasteiger partial charge in [0.15, 0.2) is 0 Å². The van der Waals surface area contributed by atoms with Crippen LogP contribution in [0.4, 0.5) is 0 Å². The fourth-order valence-electron chi connectivity index (χ4n) is 2.03. The van der Waals surface area contributed by atoms with Gasteiger partial charge in [0.1, 0.15) is 0 Å². The minimum atomic E-state index is -0.528. The van der Waals surface area contributed by atoms with E-state index in [0.717, 1.165) is 30.2 Å². The molecule has 0 aliphatic heterocycles. The second-order valence-electron chi connectivity index (χ2n) is 4.56. The zero-order valence-electron chi connectivity index (χ0n) is 11.1. The van der Waals surface area contributed by atoms with E-state index in [-0.39, 0.29) is 5.97 Å². The van der Waals surface area contributed by atoms with Gasteiger partial charge in [0.05, 0.1) is 12.0 Å². The van der Waals surface area contributed by atoms with E-state index in [9.17, 15) is 4.79 Å². The SMILES string of the molecule is CCOC(=O)C(C)(CCCCBr)c1ccccc1. The van der Waals surface area contributed by atoms with E-state index < -0.39 is 5.41 Å². The zero-order chi connectivity index (χ0) is 13.4. The second-order valence-corrected chi connectivity index (χ2v) is 5.36. The maximum Gasteiger partial charge on any atom is 0.316 e. The molecule has 1 aromatic carbocycles. The highest BCUT2D eigenvalue weighted by atomic mass is 79.9. The second kappa shape index (κ2) is 7.57. The average molecular weight is 313 g/mol. The summed E-state index contributed by atoms with van der Waals surface area (Å²) in [5.41, 5.74) is 0.512. The van der Waals surface area contributed by atoms with Crippen LogP contribution in [-0.4, -0.2) is 17.9 Å². The minimum absolute atomic E-state index is 0.120. The summed E-state index contributed by atoms with van der Waals surface area (Å²) in [4.78, 5) is 12.2. The first-order chi connectivity index (χ1) is 8.65. The maximum atomic E-state index is 12.2. The van der Waals surface area contributed by atoms with Crippen molar-refractivity contribution in [3.05, 3.63) is 35.9 Å². The molecule has 0 bridgehead atoms. The standard InChI is InChI=1S/C15H21BrO2/c1-3-18-14(17)15(2,11-7-8-12-16)13-9-5-4-6-10-13/h4-6,9-10H,3,7-8,11-12H2,1-2H3. The number of unbranched alkanes of at least 4 members (excludes halogenated alkanes) is 1. The third-order valence-corrected chi connectivity index (χ3v) is 3.76. The molecule has 1 unspecified atom stereocenters. The van der Waals surface area contributed by atoms with E-state index in [1.165, 1.54) is 0 Å². The number of ether oxygens (including phenoxy) is 1.